The van der Waals surface area contributed by atoms with Crippen LogP contribution in [0.25, 0.3) is 5.13 Å². The lowest BCUT2D eigenvalue weighted by Gasteiger charge is -2.36. The Bertz CT molecular complexity index is 908. The third-order valence-electron chi connectivity index (χ3n) is 5.13. The van der Waals surface area contributed by atoms with Crippen molar-refractivity contribution >= 4 is 23.2 Å². The van der Waals surface area contributed by atoms with Crippen molar-refractivity contribution < 1.29 is 4.79 Å². The van der Waals surface area contributed by atoms with Gasteiger partial charge in [0.25, 0.3) is 0 Å². The number of rotatable bonds is 5. The lowest BCUT2D eigenvalue weighted by Crippen LogP contribution is -2.54. The van der Waals surface area contributed by atoms with Crippen LogP contribution in [0.2, 0.25) is 0 Å². The lowest BCUT2D eigenvalue weighted by atomic mass is 9.94. The molecule has 0 radical (unpaired) electrons. The predicted molar refractivity (Wildman–Crippen MR) is 107 cm³/mol. The van der Waals surface area contributed by atoms with Gasteiger partial charge >= 0.3 is 6.03 Å². The first-order valence-corrected chi connectivity index (χ1v) is 9.68. The molecule has 0 unspecified atom stereocenters. The third kappa shape index (κ3) is 3.58. The molecule has 1 aliphatic carbocycles. The van der Waals surface area contributed by atoms with Gasteiger partial charge in [-0.05, 0) is 38.1 Å². The Balaban J connectivity index is 1.38. The number of hydrogen-bond donors (Lipinski definition) is 2. The van der Waals surface area contributed by atoms with Crippen LogP contribution in [0.1, 0.15) is 11.1 Å². The van der Waals surface area contributed by atoms with Gasteiger partial charge in [0, 0.05) is 35.9 Å². The highest BCUT2D eigenvalue weighted by Crippen LogP contribution is 2.33. The van der Waals surface area contributed by atoms with E-state index >= 15 is 0 Å². The van der Waals surface area contributed by atoms with Gasteiger partial charge in [-0.1, -0.05) is 24.3 Å². The number of nitrogens with zero attached hydrogens (tertiary/aromatic N) is 4. The maximum atomic E-state index is 12.4. The molecule has 2 heterocycles. The van der Waals surface area contributed by atoms with Crippen LogP contribution in [-0.2, 0) is 12.8 Å². The van der Waals surface area contributed by atoms with E-state index in [4.69, 9.17) is 0 Å². The molecule has 2 N–H and O–H groups in total. The lowest BCUT2D eigenvalue weighted by molar-refractivity contribution is 0.160. The normalized spacial score (nSPS) is 14.9. The highest BCUT2D eigenvalue weighted by atomic mass is 32.1. The molecule has 1 aromatic carbocycles. The second-order valence-electron chi connectivity index (χ2n) is 7.01. The van der Waals surface area contributed by atoms with Crippen molar-refractivity contribution in [2.75, 3.05) is 26.0 Å². The topological polar surface area (TPSA) is 75.1 Å². The van der Waals surface area contributed by atoms with Crippen molar-refractivity contribution in [2.24, 2.45) is 0 Å². The first-order valence-electron chi connectivity index (χ1n) is 8.80. The summed E-state index contributed by atoms with van der Waals surface area (Å²) in [5.41, 5.74) is 2.60. The van der Waals surface area contributed by atoms with E-state index in [0.29, 0.717) is 12.4 Å². The fraction of sp³-hybridized carbons (Fsp3) is 0.316. The molecule has 0 spiro atoms. The number of benzene rings is 1. The molecular weight excluding hydrogens is 360 g/mol. The summed E-state index contributed by atoms with van der Waals surface area (Å²) in [6.45, 7) is 0.563. The van der Waals surface area contributed by atoms with E-state index in [2.05, 4.69) is 64.0 Å². The summed E-state index contributed by atoms with van der Waals surface area (Å²) in [5.74, 6) is 0.497. The standard InChI is InChI=1S/C19H22N6OS/c1-24(2)19(11-14-5-3-4-6-15(14)12-19)13-21-17(26)22-16-7-9-25(23-16)18-20-8-10-27-18/h3-10H,11-13H2,1-2H3,(H2,21,22,23,26). The molecule has 2 amide bonds. The predicted octanol–water partition coefficient (Wildman–Crippen LogP) is 2.55. The molecule has 27 heavy (non-hydrogen) atoms. The van der Waals surface area contributed by atoms with Gasteiger partial charge in [0.15, 0.2) is 5.82 Å². The molecule has 1 aliphatic rings. The summed E-state index contributed by atoms with van der Waals surface area (Å²) < 4.78 is 1.65. The van der Waals surface area contributed by atoms with Crippen molar-refractivity contribution in [1.29, 1.82) is 0 Å². The van der Waals surface area contributed by atoms with Gasteiger partial charge < -0.3 is 10.2 Å². The number of fused-ring (bicyclic) bond motifs is 1. The smallest absolute Gasteiger partial charge is 0.320 e. The number of thiazole rings is 1. The van der Waals surface area contributed by atoms with E-state index < -0.39 is 0 Å². The van der Waals surface area contributed by atoms with Gasteiger partial charge in [-0.25, -0.2) is 14.5 Å². The molecule has 8 heteroatoms. The third-order valence-corrected chi connectivity index (χ3v) is 5.89. The Hall–Kier alpha value is -2.71. The fourth-order valence-corrected chi connectivity index (χ4v) is 4.08. The highest BCUT2D eigenvalue weighted by Gasteiger charge is 2.39. The Kier molecular flexibility index (Phi) is 4.67. The van der Waals surface area contributed by atoms with Crippen LogP contribution in [0.15, 0.2) is 48.1 Å². The van der Waals surface area contributed by atoms with E-state index in [0.717, 1.165) is 18.0 Å². The molecule has 0 atom stereocenters. The molecule has 3 aromatic rings. The quantitative estimate of drug-likeness (QED) is 0.711. The zero-order valence-electron chi connectivity index (χ0n) is 15.3. The molecule has 0 bridgehead atoms. The Labute approximate surface area is 162 Å². The van der Waals surface area contributed by atoms with Gasteiger partial charge in [-0.3, -0.25) is 5.32 Å². The first kappa shape index (κ1) is 17.7. The average molecular weight is 382 g/mol. The van der Waals surface area contributed by atoms with Crippen molar-refractivity contribution in [3.8, 4) is 5.13 Å². The maximum absolute atomic E-state index is 12.4. The maximum Gasteiger partial charge on any atom is 0.320 e. The van der Waals surface area contributed by atoms with Crippen molar-refractivity contribution in [3.05, 3.63) is 59.2 Å². The molecular formula is C19H22N6OS. The van der Waals surface area contributed by atoms with Gasteiger partial charge in [-0.15, -0.1) is 16.4 Å². The summed E-state index contributed by atoms with van der Waals surface area (Å²) in [7, 11) is 4.14. The van der Waals surface area contributed by atoms with E-state index in [-0.39, 0.29) is 11.6 Å². The molecule has 0 fully saturated rings. The van der Waals surface area contributed by atoms with E-state index in [1.807, 2.05) is 5.38 Å². The van der Waals surface area contributed by atoms with Crippen LogP contribution in [-0.4, -0.2) is 51.9 Å². The van der Waals surface area contributed by atoms with E-state index in [1.165, 1.54) is 22.5 Å². The van der Waals surface area contributed by atoms with Crippen molar-refractivity contribution in [2.45, 2.75) is 18.4 Å². The molecule has 2 aromatic heterocycles. The van der Waals surface area contributed by atoms with Crippen molar-refractivity contribution in [3.63, 3.8) is 0 Å². The molecule has 0 aliphatic heterocycles. The van der Waals surface area contributed by atoms with Crippen molar-refractivity contribution in [1.82, 2.24) is 25.0 Å². The second-order valence-corrected chi connectivity index (χ2v) is 7.88. The van der Waals surface area contributed by atoms with Gasteiger partial charge in [-0.2, -0.15) is 0 Å². The molecule has 0 saturated heterocycles. The fourth-order valence-electron chi connectivity index (χ4n) is 3.50. The number of amides is 2. The Morgan fingerprint density at radius 3 is 2.63 bits per heavy atom. The van der Waals surface area contributed by atoms with Gasteiger partial charge in [0.2, 0.25) is 5.13 Å². The molecule has 0 saturated carbocycles. The minimum absolute atomic E-state index is 0.110. The number of carbonyl (C=O) groups excluding carboxylic acids is 1. The number of carbonyl (C=O) groups is 1. The van der Waals surface area contributed by atoms with Crippen LogP contribution in [0, 0.1) is 0 Å². The summed E-state index contributed by atoms with van der Waals surface area (Å²) in [4.78, 5) is 18.8. The number of likely N-dealkylation sites (N-methyl/N-ethyl adjacent to an activating group) is 1. The molecule has 4 rings (SSSR count). The first-order chi connectivity index (χ1) is 13.1. The van der Waals surface area contributed by atoms with Crippen LogP contribution in [0.3, 0.4) is 0 Å². The minimum Gasteiger partial charge on any atom is -0.336 e. The number of urea groups is 1. The summed E-state index contributed by atoms with van der Waals surface area (Å²) >= 11 is 1.49. The largest absolute Gasteiger partial charge is 0.336 e. The number of nitrogens with one attached hydrogen (secondary N) is 2. The number of aromatic nitrogens is 3. The van der Waals surface area contributed by atoms with E-state index in [9.17, 15) is 4.79 Å². The second kappa shape index (κ2) is 7.13. The Morgan fingerprint density at radius 2 is 2.00 bits per heavy atom. The molecule has 140 valence electrons. The summed E-state index contributed by atoms with van der Waals surface area (Å²) in [6.07, 6.45) is 5.36. The van der Waals surface area contributed by atoms with Crippen LogP contribution >= 0.6 is 11.3 Å². The average Bonchev–Trinajstić information content (AvgIpc) is 3.38. The zero-order valence-corrected chi connectivity index (χ0v) is 16.2. The van der Waals surface area contributed by atoms with Gasteiger partial charge in [0.05, 0.1) is 0 Å². The SMILES string of the molecule is CN(C)C1(CNC(=O)Nc2ccn(-c3nccs3)n2)Cc2ccccc2C1. The van der Waals surface area contributed by atoms with Crippen LogP contribution < -0.4 is 10.6 Å². The Morgan fingerprint density at radius 1 is 1.26 bits per heavy atom. The summed E-state index contributed by atoms with van der Waals surface area (Å²) in [5, 5.41) is 12.8. The van der Waals surface area contributed by atoms with Crippen LogP contribution in [0.4, 0.5) is 10.6 Å². The number of hydrogen-bond acceptors (Lipinski definition) is 5. The summed E-state index contributed by atoms with van der Waals surface area (Å²) in [6, 6.07) is 10.00. The van der Waals surface area contributed by atoms with E-state index in [1.54, 1.807) is 23.1 Å². The zero-order chi connectivity index (χ0) is 18.9. The minimum atomic E-state index is -0.253. The molecule has 7 nitrogen and oxygen atoms in total. The van der Waals surface area contributed by atoms with Crippen LogP contribution in [0.5, 0.6) is 0 Å². The van der Waals surface area contributed by atoms with Gasteiger partial charge in [0.1, 0.15) is 0 Å². The number of anilines is 1. The monoisotopic (exact) mass is 382 g/mol. The highest BCUT2D eigenvalue weighted by molar-refractivity contribution is 7.12.